The number of nitrogens with one attached hydrogen (secondary N) is 1. The molecule has 0 rings (SSSR count). The highest BCUT2D eigenvalue weighted by molar-refractivity contribution is 5.77. The Kier molecular flexibility index (Phi) is 48.0. The number of aliphatic hydroxyl groups is 2. The second-order valence-electron chi connectivity index (χ2n) is 19.0. The molecule has 6 heteroatoms. The van der Waals surface area contributed by atoms with E-state index >= 15 is 0 Å². The Bertz CT molecular complexity index is 867. The molecule has 3 N–H and O–H groups in total. The zero-order valence-corrected chi connectivity index (χ0v) is 40.9. The minimum atomic E-state index is -0.779. The summed E-state index contributed by atoms with van der Waals surface area (Å²) in [4.78, 5) is 26.1. The Balaban J connectivity index is 4.41. The molecule has 0 aliphatic carbocycles. The SMILES string of the molecule is CCCCCCCCCCCCCCCCCCCC(O)C(CO)NC(=O)CC(CCCCCCCCCCCCC)OC(=O)CCCCCCCCCCCCCCC. The van der Waals surface area contributed by atoms with Crippen LogP contribution in [0.1, 0.15) is 310 Å². The van der Waals surface area contributed by atoms with E-state index in [1.165, 1.54) is 225 Å². The normalized spacial score (nSPS) is 13.1. The van der Waals surface area contributed by atoms with Gasteiger partial charge >= 0.3 is 5.97 Å². The maximum absolute atomic E-state index is 13.2. The van der Waals surface area contributed by atoms with Gasteiger partial charge in [0.1, 0.15) is 6.10 Å². The maximum Gasteiger partial charge on any atom is 0.306 e. The minimum absolute atomic E-state index is 0.0877. The molecule has 0 aromatic rings. The summed E-state index contributed by atoms with van der Waals surface area (Å²) < 4.78 is 5.94. The standard InChI is InChI=1S/C54H107NO5/c1-4-7-10-13-16-19-22-24-25-26-27-29-31-34-37-40-43-46-52(57)51(49-56)55-53(58)48-50(45-42-39-36-33-30-21-18-15-12-9-6-3)60-54(59)47-44-41-38-35-32-28-23-20-17-14-11-8-5-2/h50-52,56-57H,4-49H2,1-3H3,(H,55,58). The van der Waals surface area contributed by atoms with Crippen molar-refractivity contribution in [3.8, 4) is 0 Å². The quantitative estimate of drug-likeness (QED) is 0.0419. The predicted molar refractivity (Wildman–Crippen MR) is 260 cm³/mol. The predicted octanol–water partition coefficient (Wildman–Crippen LogP) is 16.4. The van der Waals surface area contributed by atoms with Gasteiger partial charge in [0, 0.05) is 6.42 Å². The van der Waals surface area contributed by atoms with Crippen LogP contribution in [0.3, 0.4) is 0 Å². The summed E-state index contributed by atoms with van der Waals surface area (Å²) in [6.07, 6.45) is 53.1. The number of carbonyl (C=O) groups excluding carboxylic acids is 2. The summed E-state index contributed by atoms with van der Waals surface area (Å²) in [7, 11) is 0. The van der Waals surface area contributed by atoms with E-state index in [1.807, 2.05) is 0 Å². The van der Waals surface area contributed by atoms with E-state index in [4.69, 9.17) is 4.74 Å². The van der Waals surface area contributed by atoms with E-state index in [0.717, 1.165) is 38.5 Å². The molecule has 0 heterocycles. The number of ether oxygens (including phenoxy) is 1. The van der Waals surface area contributed by atoms with E-state index in [2.05, 4.69) is 26.1 Å². The monoisotopic (exact) mass is 850 g/mol. The van der Waals surface area contributed by atoms with Crippen LogP contribution in [0.15, 0.2) is 0 Å². The average molecular weight is 850 g/mol. The first kappa shape index (κ1) is 58.9. The first-order chi connectivity index (χ1) is 29.5. The molecule has 0 fully saturated rings. The van der Waals surface area contributed by atoms with Gasteiger partial charge in [-0.15, -0.1) is 0 Å². The first-order valence-electron chi connectivity index (χ1n) is 27.3. The van der Waals surface area contributed by atoms with Gasteiger partial charge in [0.25, 0.3) is 0 Å². The number of aliphatic hydroxyl groups excluding tert-OH is 2. The number of hydrogen-bond donors (Lipinski definition) is 3. The number of amides is 1. The highest BCUT2D eigenvalue weighted by atomic mass is 16.5. The van der Waals surface area contributed by atoms with Crippen molar-refractivity contribution >= 4 is 11.9 Å². The third kappa shape index (κ3) is 43.5. The Labute approximate surface area is 375 Å². The summed E-state index contributed by atoms with van der Waals surface area (Å²) in [5, 5.41) is 23.8. The number of hydrogen-bond acceptors (Lipinski definition) is 5. The maximum atomic E-state index is 13.2. The van der Waals surface area contributed by atoms with Gasteiger partial charge in [0.15, 0.2) is 0 Å². The van der Waals surface area contributed by atoms with Gasteiger partial charge in [-0.05, 0) is 25.7 Å². The summed E-state index contributed by atoms with van der Waals surface area (Å²) in [6.45, 7) is 6.52. The summed E-state index contributed by atoms with van der Waals surface area (Å²) in [6, 6.07) is -0.692. The summed E-state index contributed by atoms with van der Waals surface area (Å²) in [5.74, 6) is -0.450. The van der Waals surface area contributed by atoms with Gasteiger partial charge in [0.2, 0.25) is 5.91 Å². The van der Waals surface area contributed by atoms with Gasteiger partial charge in [0.05, 0.1) is 25.2 Å². The van der Waals surface area contributed by atoms with Crippen LogP contribution in [-0.2, 0) is 14.3 Å². The van der Waals surface area contributed by atoms with Crippen LogP contribution in [0.4, 0.5) is 0 Å². The van der Waals surface area contributed by atoms with Crippen LogP contribution < -0.4 is 5.32 Å². The third-order valence-electron chi connectivity index (χ3n) is 12.9. The number of esters is 1. The highest BCUT2D eigenvalue weighted by Gasteiger charge is 2.24. The summed E-state index contributed by atoms with van der Waals surface area (Å²) in [5.41, 5.74) is 0. The molecule has 3 atom stereocenters. The molecule has 0 saturated carbocycles. The molecule has 6 nitrogen and oxygen atoms in total. The lowest BCUT2D eigenvalue weighted by Gasteiger charge is -2.24. The topological polar surface area (TPSA) is 95.9 Å². The molecule has 0 aromatic heterocycles. The lowest BCUT2D eigenvalue weighted by molar-refractivity contribution is -0.151. The minimum Gasteiger partial charge on any atom is -0.462 e. The zero-order chi connectivity index (χ0) is 43.8. The first-order valence-corrected chi connectivity index (χ1v) is 27.3. The third-order valence-corrected chi connectivity index (χ3v) is 12.9. The van der Waals surface area contributed by atoms with Gasteiger partial charge < -0.3 is 20.3 Å². The lowest BCUT2D eigenvalue weighted by Crippen LogP contribution is -2.46. The molecular weight excluding hydrogens is 743 g/mol. The molecular formula is C54H107NO5. The van der Waals surface area contributed by atoms with Crippen molar-refractivity contribution in [2.45, 2.75) is 328 Å². The van der Waals surface area contributed by atoms with Crippen LogP contribution in [0.5, 0.6) is 0 Å². The van der Waals surface area contributed by atoms with Crippen molar-refractivity contribution in [2.24, 2.45) is 0 Å². The Morgan fingerprint density at radius 2 is 0.700 bits per heavy atom. The van der Waals surface area contributed by atoms with Gasteiger partial charge in [-0.1, -0.05) is 271 Å². The van der Waals surface area contributed by atoms with Gasteiger partial charge in [-0.2, -0.15) is 0 Å². The molecule has 0 spiro atoms. The highest BCUT2D eigenvalue weighted by Crippen LogP contribution is 2.19. The average Bonchev–Trinajstić information content (AvgIpc) is 3.24. The second kappa shape index (κ2) is 48.9. The molecule has 358 valence electrons. The Morgan fingerprint density at radius 1 is 0.417 bits per heavy atom. The number of unbranched alkanes of at least 4 members (excludes halogenated alkanes) is 38. The molecule has 0 radical (unpaired) electrons. The van der Waals surface area contributed by atoms with Gasteiger partial charge in [-0.3, -0.25) is 9.59 Å². The van der Waals surface area contributed by atoms with E-state index in [1.54, 1.807) is 0 Å². The zero-order valence-electron chi connectivity index (χ0n) is 40.9. The molecule has 1 amide bonds. The fourth-order valence-electron chi connectivity index (χ4n) is 8.79. The molecule has 0 saturated heterocycles. The van der Waals surface area contributed by atoms with E-state index in [9.17, 15) is 19.8 Å². The van der Waals surface area contributed by atoms with Crippen molar-refractivity contribution in [1.82, 2.24) is 5.32 Å². The van der Waals surface area contributed by atoms with E-state index in [0.29, 0.717) is 19.3 Å². The molecule has 0 aliphatic heterocycles. The van der Waals surface area contributed by atoms with Crippen LogP contribution in [-0.4, -0.2) is 46.9 Å². The van der Waals surface area contributed by atoms with Gasteiger partial charge in [-0.25, -0.2) is 0 Å². The van der Waals surface area contributed by atoms with Crippen LogP contribution in [0.25, 0.3) is 0 Å². The smallest absolute Gasteiger partial charge is 0.306 e. The largest absolute Gasteiger partial charge is 0.462 e. The summed E-state index contributed by atoms with van der Waals surface area (Å²) >= 11 is 0. The van der Waals surface area contributed by atoms with Crippen LogP contribution in [0, 0.1) is 0 Å². The van der Waals surface area contributed by atoms with Crippen molar-refractivity contribution < 1.29 is 24.5 Å². The second-order valence-corrected chi connectivity index (χ2v) is 19.0. The Morgan fingerprint density at radius 3 is 1.02 bits per heavy atom. The van der Waals surface area contributed by atoms with E-state index < -0.39 is 18.2 Å². The number of rotatable bonds is 50. The van der Waals surface area contributed by atoms with Crippen LogP contribution in [0.2, 0.25) is 0 Å². The van der Waals surface area contributed by atoms with Crippen molar-refractivity contribution in [3.63, 3.8) is 0 Å². The molecule has 3 unspecified atom stereocenters. The molecule has 0 aromatic carbocycles. The molecule has 0 bridgehead atoms. The van der Waals surface area contributed by atoms with Crippen molar-refractivity contribution in [3.05, 3.63) is 0 Å². The lowest BCUT2D eigenvalue weighted by atomic mass is 10.0. The van der Waals surface area contributed by atoms with E-state index in [-0.39, 0.29) is 24.9 Å². The Hall–Kier alpha value is -1.14. The molecule has 0 aliphatic rings. The number of carbonyl (C=O) groups is 2. The van der Waals surface area contributed by atoms with Crippen molar-refractivity contribution in [2.75, 3.05) is 6.61 Å². The fourth-order valence-corrected chi connectivity index (χ4v) is 8.79. The fraction of sp³-hybridized carbons (Fsp3) is 0.963. The molecule has 60 heavy (non-hydrogen) atoms. The van der Waals surface area contributed by atoms with Crippen LogP contribution >= 0.6 is 0 Å². The van der Waals surface area contributed by atoms with Crippen molar-refractivity contribution in [1.29, 1.82) is 0 Å².